The van der Waals surface area contributed by atoms with Crippen LogP contribution in [0.4, 0.5) is 15.9 Å². The molecule has 1 amide bonds. The molecule has 1 saturated heterocycles. The monoisotopic (exact) mass is 430 g/mol. The number of pyridine rings is 1. The van der Waals surface area contributed by atoms with Crippen LogP contribution < -0.4 is 10.2 Å². The molecule has 3 aromatic rings. The Morgan fingerprint density at radius 2 is 1.78 bits per heavy atom. The number of hydrogen-bond donors (Lipinski definition) is 1. The van der Waals surface area contributed by atoms with Gasteiger partial charge in [-0.1, -0.05) is 30.3 Å². The van der Waals surface area contributed by atoms with Gasteiger partial charge >= 0.3 is 0 Å². The molecule has 2 aliphatic rings. The lowest BCUT2D eigenvalue weighted by Crippen LogP contribution is -2.39. The van der Waals surface area contributed by atoms with Crippen LogP contribution in [0.15, 0.2) is 66.9 Å². The Morgan fingerprint density at radius 1 is 1.00 bits per heavy atom. The summed E-state index contributed by atoms with van der Waals surface area (Å²) >= 11 is 0. The molecule has 1 N–H and O–H groups in total. The third kappa shape index (κ3) is 4.36. The highest BCUT2D eigenvalue weighted by Gasteiger charge is 2.28. The van der Waals surface area contributed by atoms with Gasteiger partial charge in [-0.15, -0.1) is 0 Å². The first-order valence-corrected chi connectivity index (χ1v) is 11.3. The minimum absolute atomic E-state index is 0.000652. The topological polar surface area (TPSA) is 48.5 Å². The van der Waals surface area contributed by atoms with E-state index < -0.39 is 0 Å². The number of benzene rings is 2. The lowest BCUT2D eigenvalue weighted by molar-refractivity contribution is 0.0989. The van der Waals surface area contributed by atoms with Crippen molar-refractivity contribution in [3.8, 4) is 0 Å². The number of para-hydroxylation sites is 1. The lowest BCUT2D eigenvalue weighted by Gasteiger charge is -2.33. The van der Waals surface area contributed by atoms with Crippen LogP contribution in [0.2, 0.25) is 0 Å². The summed E-state index contributed by atoms with van der Waals surface area (Å²) in [4.78, 5) is 22.1. The highest BCUT2D eigenvalue weighted by Crippen LogP contribution is 2.30. The fourth-order valence-electron chi connectivity index (χ4n) is 4.66. The maximum atomic E-state index is 13.4. The maximum Gasteiger partial charge on any atom is 0.262 e. The molecule has 0 radical (unpaired) electrons. The molecule has 6 heteroatoms. The number of carbonyl (C=O) groups excluding carboxylic acids is 1. The Morgan fingerprint density at radius 3 is 2.59 bits per heavy atom. The molecule has 0 bridgehead atoms. The molecule has 3 heterocycles. The SMILES string of the molecule is O=C(c1cccnc1NC1CCN(Cc2ccc(F)cc2)CC1)N1CCc2ccccc21. The normalized spacial score (nSPS) is 16.7. The second-order valence-electron chi connectivity index (χ2n) is 8.56. The summed E-state index contributed by atoms with van der Waals surface area (Å²) in [5.74, 6) is 0.466. The van der Waals surface area contributed by atoms with Crippen molar-refractivity contribution >= 4 is 17.4 Å². The predicted octanol–water partition coefficient (Wildman–Crippen LogP) is 4.50. The largest absolute Gasteiger partial charge is 0.367 e. The first-order valence-electron chi connectivity index (χ1n) is 11.3. The predicted molar refractivity (Wildman–Crippen MR) is 124 cm³/mol. The molecule has 5 rings (SSSR count). The zero-order valence-electron chi connectivity index (χ0n) is 18.0. The zero-order valence-corrected chi connectivity index (χ0v) is 18.0. The lowest BCUT2D eigenvalue weighted by atomic mass is 10.0. The van der Waals surface area contributed by atoms with Crippen LogP contribution in [0.5, 0.6) is 0 Å². The van der Waals surface area contributed by atoms with Gasteiger partial charge in [-0.25, -0.2) is 9.37 Å². The van der Waals surface area contributed by atoms with Crippen molar-refractivity contribution in [2.75, 3.05) is 29.9 Å². The number of carbonyl (C=O) groups is 1. The van der Waals surface area contributed by atoms with E-state index in [2.05, 4.69) is 21.3 Å². The summed E-state index contributed by atoms with van der Waals surface area (Å²) < 4.78 is 13.1. The maximum absolute atomic E-state index is 13.4. The smallest absolute Gasteiger partial charge is 0.262 e. The molecule has 0 aliphatic carbocycles. The molecule has 0 saturated carbocycles. The molecule has 0 spiro atoms. The molecule has 2 aromatic carbocycles. The van der Waals surface area contributed by atoms with Crippen LogP contribution >= 0.6 is 0 Å². The quantitative estimate of drug-likeness (QED) is 0.648. The Labute approximate surface area is 187 Å². The Hall–Kier alpha value is -3.25. The van der Waals surface area contributed by atoms with Crippen molar-refractivity contribution in [2.45, 2.75) is 31.8 Å². The van der Waals surface area contributed by atoms with Crippen molar-refractivity contribution in [2.24, 2.45) is 0 Å². The molecule has 0 unspecified atom stereocenters. The number of likely N-dealkylation sites (tertiary alicyclic amines) is 1. The number of piperidine rings is 1. The van der Waals surface area contributed by atoms with Crippen LogP contribution in [0.25, 0.3) is 0 Å². The summed E-state index contributed by atoms with van der Waals surface area (Å²) in [6.07, 6.45) is 4.56. The van der Waals surface area contributed by atoms with E-state index in [4.69, 9.17) is 0 Å². The van der Waals surface area contributed by atoms with Crippen molar-refractivity contribution in [1.82, 2.24) is 9.88 Å². The highest BCUT2D eigenvalue weighted by molar-refractivity contribution is 6.10. The van der Waals surface area contributed by atoms with E-state index in [0.29, 0.717) is 17.9 Å². The van der Waals surface area contributed by atoms with Crippen LogP contribution in [0, 0.1) is 5.82 Å². The van der Waals surface area contributed by atoms with E-state index in [1.165, 1.54) is 17.7 Å². The van der Waals surface area contributed by atoms with Crippen LogP contribution in [0.3, 0.4) is 0 Å². The second-order valence-corrected chi connectivity index (χ2v) is 8.56. The molecule has 32 heavy (non-hydrogen) atoms. The average Bonchev–Trinajstić information content (AvgIpc) is 3.26. The summed E-state index contributed by atoms with van der Waals surface area (Å²) in [6.45, 7) is 3.43. The third-order valence-electron chi connectivity index (χ3n) is 6.42. The molecule has 164 valence electrons. The van der Waals surface area contributed by atoms with Gasteiger partial charge in [-0.2, -0.15) is 0 Å². The summed E-state index contributed by atoms with van der Waals surface area (Å²) in [6, 6.07) is 18.8. The molecular formula is C26H27FN4O. The van der Waals surface area contributed by atoms with E-state index >= 15 is 0 Å². The number of nitrogens with zero attached hydrogens (tertiary/aromatic N) is 3. The van der Waals surface area contributed by atoms with Gasteiger partial charge in [0.25, 0.3) is 5.91 Å². The van der Waals surface area contributed by atoms with E-state index in [9.17, 15) is 9.18 Å². The van der Waals surface area contributed by atoms with Crippen molar-refractivity contribution < 1.29 is 9.18 Å². The number of rotatable bonds is 5. The van der Waals surface area contributed by atoms with Gasteiger partial charge in [0, 0.05) is 44.1 Å². The number of anilines is 2. The highest BCUT2D eigenvalue weighted by atomic mass is 19.1. The summed E-state index contributed by atoms with van der Waals surface area (Å²) in [5, 5.41) is 3.53. The van der Waals surface area contributed by atoms with Gasteiger partial charge in [-0.3, -0.25) is 9.69 Å². The summed E-state index contributed by atoms with van der Waals surface area (Å²) in [5.41, 5.74) is 3.97. The van der Waals surface area contributed by atoms with Gasteiger partial charge in [0.1, 0.15) is 11.6 Å². The second kappa shape index (κ2) is 9.09. The first-order chi connectivity index (χ1) is 15.7. The number of aromatic nitrogens is 1. The standard InChI is InChI=1S/C26H27FN4O/c27-21-9-7-19(8-10-21)18-30-15-12-22(13-16-30)29-25-23(5-3-14-28-25)26(32)31-17-11-20-4-1-2-6-24(20)31/h1-10,14,22H,11-13,15-18H2,(H,28,29). The van der Waals surface area contributed by atoms with Gasteiger partial charge in [0.2, 0.25) is 0 Å². The molecule has 5 nitrogen and oxygen atoms in total. The summed E-state index contributed by atoms with van der Waals surface area (Å²) in [7, 11) is 0. The fourth-order valence-corrected chi connectivity index (χ4v) is 4.66. The van der Waals surface area contributed by atoms with Gasteiger partial charge < -0.3 is 10.2 Å². The van der Waals surface area contributed by atoms with Gasteiger partial charge in [0.05, 0.1) is 5.56 Å². The molecule has 2 aliphatic heterocycles. The molecule has 0 atom stereocenters. The number of fused-ring (bicyclic) bond motifs is 1. The van der Waals surface area contributed by atoms with E-state index in [-0.39, 0.29) is 17.8 Å². The van der Waals surface area contributed by atoms with Crippen molar-refractivity contribution in [1.29, 1.82) is 0 Å². The molecule has 1 aromatic heterocycles. The Balaban J connectivity index is 1.23. The average molecular weight is 431 g/mol. The van der Waals surface area contributed by atoms with E-state index in [0.717, 1.165) is 50.1 Å². The third-order valence-corrected chi connectivity index (χ3v) is 6.42. The minimum atomic E-state index is -0.199. The fraction of sp³-hybridized carbons (Fsp3) is 0.308. The van der Waals surface area contributed by atoms with Crippen molar-refractivity contribution in [3.63, 3.8) is 0 Å². The first kappa shape index (κ1) is 20.6. The molecular weight excluding hydrogens is 403 g/mol. The zero-order chi connectivity index (χ0) is 21.9. The van der Waals surface area contributed by atoms with E-state index in [1.54, 1.807) is 6.20 Å². The number of amides is 1. The number of hydrogen-bond acceptors (Lipinski definition) is 4. The van der Waals surface area contributed by atoms with Crippen LogP contribution in [-0.2, 0) is 13.0 Å². The molecule has 1 fully saturated rings. The van der Waals surface area contributed by atoms with Crippen molar-refractivity contribution in [3.05, 3.63) is 89.4 Å². The van der Waals surface area contributed by atoms with Crippen LogP contribution in [-0.4, -0.2) is 41.5 Å². The number of nitrogens with one attached hydrogen (secondary N) is 1. The van der Waals surface area contributed by atoms with Crippen LogP contribution in [0.1, 0.15) is 34.3 Å². The Kier molecular flexibility index (Phi) is 5.86. The minimum Gasteiger partial charge on any atom is -0.367 e. The van der Waals surface area contributed by atoms with Gasteiger partial charge in [0.15, 0.2) is 0 Å². The van der Waals surface area contributed by atoms with Gasteiger partial charge in [-0.05, 0) is 60.7 Å². The van der Waals surface area contributed by atoms with E-state index in [1.807, 2.05) is 47.4 Å². The Bertz CT molecular complexity index is 1090. The number of halogens is 1.